The highest BCUT2D eigenvalue weighted by atomic mass is 16.3. The van der Waals surface area contributed by atoms with Crippen LogP contribution in [-0.2, 0) is 0 Å². The third-order valence-corrected chi connectivity index (χ3v) is 2.41. The number of anilines is 1. The summed E-state index contributed by atoms with van der Waals surface area (Å²) in [6.45, 7) is 8.42. The van der Waals surface area contributed by atoms with Crippen LogP contribution >= 0.6 is 0 Å². The second-order valence-corrected chi connectivity index (χ2v) is 4.35. The molecular weight excluding hydrogens is 186 g/mol. The summed E-state index contributed by atoms with van der Waals surface area (Å²) >= 11 is 0. The molecule has 1 aromatic carbocycles. The van der Waals surface area contributed by atoms with Crippen LogP contribution in [-0.4, -0.2) is 24.8 Å². The second-order valence-electron chi connectivity index (χ2n) is 4.35. The van der Waals surface area contributed by atoms with E-state index in [9.17, 15) is 0 Å². The number of aryl methyl sites for hydroxylation is 1. The molecule has 1 aromatic rings. The van der Waals surface area contributed by atoms with Crippen molar-refractivity contribution in [2.45, 2.75) is 20.8 Å². The largest absolute Gasteiger partial charge is 0.395 e. The van der Waals surface area contributed by atoms with Gasteiger partial charge in [-0.15, -0.1) is 0 Å². The number of rotatable bonds is 5. The average molecular weight is 207 g/mol. The van der Waals surface area contributed by atoms with E-state index in [0.717, 1.165) is 6.54 Å². The Morgan fingerprint density at radius 2 is 1.93 bits per heavy atom. The first-order valence-electron chi connectivity index (χ1n) is 5.56. The van der Waals surface area contributed by atoms with Gasteiger partial charge >= 0.3 is 0 Å². The molecule has 0 heterocycles. The Balaban J connectivity index is 2.83. The van der Waals surface area contributed by atoms with E-state index in [-0.39, 0.29) is 6.61 Å². The molecule has 15 heavy (non-hydrogen) atoms. The van der Waals surface area contributed by atoms with Gasteiger partial charge in [-0.2, -0.15) is 0 Å². The first-order valence-corrected chi connectivity index (χ1v) is 5.56. The molecule has 0 atom stereocenters. The maximum atomic E-state index is 9.06. The van der Waals surface area contributed by atoms with Crippen molar-refractivity contribution < 1.29 is 5.11 Å². The molecule has 0 aliphatic heterocycles. The third kappa shape index (κ3) is 3.56. The number of aliphatic hydroxyl groups excluding tert-OH is 1. The van der Waals surface area contributed by atoms with Crippen LogP contribution < -0.4 is 4.90 Å². The zero-order valence-electron chi connectivity index (χ0n) is 9.90. The number of aliphatic hydroxyl groups is 1. The van der Waals surface area contributed by atoms with E-state index >= 15 is 0 Å². The Kier molecular flexibility index (Phi) is 4.63. The standard InChI is InChI=1S/C13H21NO/c1-11(2)10-14(8-9-15)13-7-5-4-6-12(13)3/h4-7,11,15H,8-10H2,1-3H3. The molecule has 1 rings (SSSR count). The number of hydrogen-bond acceptors (Lipinski definition) is 2. The summed E-state index contributed by atoms with van der Waals surface area (Å²) in [4.78, 5) is 2.25. The fourth-order valence-electron chi connectivity index (χ4n) is 1.79. The van der Waals surface area contributed by atoms with Crippen molar-refractivity contribution in [2.75, 3.05) is 24.6 Å². The molecule has 0 aliphatic carbocycles. The van der Waals surface area contributed by atoms with Gasteiger partial charge in [-0.1, -0.05) is 32.0 Å². The molecule has 0 radical (unpaired) electrons. The Morgan fingerprint density at radius 1 is 1.27 bits per heavy atom. The lowest BCUT2D eigenvalue weighted by atomic mass is 10.1. The van der Waals surface area contributed by atoms with Crippen LogP contribution in [0.3, 0.4) is 0 Å². The van der Waals surface area contributed by atoms with E-state index in [0.29, 0.717) is 12.5 Å². The molecule has 0 aliphatic rings. The highest BCUT2D eigenvalue weighted by molar-refractivity contribution is 5.52. The molecule has 0 spiro atoms. The minimum atomic E-state index is 0.209. The van der Waals surface area contributed by atoms with Crippen molar-refractivity contribution >= 4 is 5.69 Å². The Bertz CT molecular complexity index is 296. The molecule has 0 saturated carbocycles. The smallest absolute Gasteiger partial charge is 0.0606 e. The fraction of sp³-hybridized carbons (Fsp3) is 0.538. The first kappa shape index (κ1) is 12.1. The number of benzene rings is 1. The van der Waals surface area contributed by atoms with Gasteiger partial charge in [-0.3, -0.25) is 0 Å². The SMILES string of the molecule is Cc1ccccc1N(CCO)CC(C)C. The first-order chi connectivity index (χ1) is 7.15. The van der Waals surface area contributed by atoms with E-state index in [1.54, 1.807) is 0 Å². The summed E-state index contributed by atoms with van der Waals surface area (Å²) in [5.74, 6) is 0.608. The lowest BCUT2D eigenvalue weighted by Crippen LogP contribution is -2.31. The van der Waals surface area contributed by atoms with E-state index in [1.165, 1.54) is 11.3 Å². The molecule has 1 N–H and O–H groups in total. The summed E-state index contributed by atoms with van der Waals surface area (Å²) in [6.07, 6.45) is 0. The average Bonchev–Trinajstić information content (AvgIpc) is 2.17. The number of hydrogen-bond donors (Lipinski definition) is 1. The van der Waals surface area contributed by atoms with Gasteiger partial charge in [0.15, 0.2) is 0 Å². The summed E-state index contributed by atoms with van der Waals surface area (Å²) in [7, 11) is 0. The van der Waals surface area contributed by atoms with E-state index in [1.807, 2.05) is 12.1 Å². The lowest BCUT2D eigenvalue weighted by Gasteiger charge is -2.27. The van der Waals surface area contributed by atoms with E-state index in [4.69, 9.17) is 5.11 Å². The van der Waals surface area contributed by atoms with Crippen molar-refractivity contribution in [3.63, 3.8) is 0 Å². The summed E-state index contributed by atoms with van der Waals surface area (Å²) in [5, 5.41) is 9.06. The molecule has 0 aromatic heterocycles. The molecule has 84 valence electrons. The van der Waals surface area contributed by atoms with Crippen LogP contribution in [0.5, 0.6) is 0 Å². The summed E-state index contributed by atoms with van der Waals surface area (Å²) < 4.78 is 0. The van der Waals surface area contributed by atoms with Gasteiger partial charge in [0.1, 0.15) is 0 Å². The second kappa shape index (κ2) is 5.76. The normalized spacial score (nSPS) is 10.7. The minimum absolute atomic E-state index is 0.209. The van der Waals surface area contributed by atoms with Gasteiger partial charge in [-0.05, 0) is 24.5 Å². The predicted octanol–water partition coefficient (Wildman–Crippen LogP) is 2.45. The van der Waals surface area contributed by atoms with E-state index in [2.05, 4.69) is 37.8 Å². The van der Waals surface area contributed by atoms with Gasteiger partial charge in [0.2, 0.25) is 0 Å². The van der Waals surface area contributed by atoms with Crippen molar-refractivity contribution in [3.8, 4) is 0 Å². The van der Waals surface area contributed by atoms with Crippen LogP contribution in [0.15, 0.2) is 24.3 Å². The van der Waals surface area contributed by atoms with Crippen LogP contribution in [0, 0.1) is 12.8 Å². The van der Waals surface area contributed by atoms with Crippen LogP contribution in [0.4, 0.5) is 5.69 Å². The topological polar surface area (TPSA) is 23.5 Å². The van der Waals surface area contributed by atoms with Gasteiger partial charge in [-0.25, -0.2) is 0 Å². The molecule has 2 heteroatoms. The van der Waals surface area contributed by atoms with Crippen molar-refractivity contribution in [2.24, 2.45) is 5.92 Å². The molecule has 0 saturated heterocycles. The molecule has 0 bridgehead atoms. The maximum absolute atomic E-state index is 9.06. The molecule has 0 unspecified atom stereocenters. The molecular formula is C13H21NO. The summed E-state index contributed by atoms with van der Waals surface area (Å²) in [6, 6.07) is 8.33. The molecule has 2 nitrogen and oxygen atoms in total. The zero-order valence-corrected chi connectivity index (χ0v) is 9.90. The van der Waals surface area contributed by atoms with Crippen molar-refractivity contribution in [3.05, 3.63) is 29.8 Å². The highest BCUT2D eigenvalue weighted by Crippen LogP contribution is 2.19. The maximum Gasteiger partial charge on any atom is 0.0606 e. The van der Waals surface area contributed by atoms with Crippen LogP contribution in [0.2, 0.25) is 0 Å². The van der Waals surface area contributed by atoms with E-state index < -0.39 is 0 Å². The number of para-hydroxylation sites is 1. The minimum Gasteiger partial charge on any atom is -0.395 e. The summed E-state index contributed by atoms with van der Waals surface area (Å²) in [5.41, 5.74) is 2.51. The van der Waals surface area contributed by atoms with Crippen molar-refractivity contribution in [1.29, 1.82) is 0 Å². The molecule has 0 amide bonds. The number of nitrogens with zero attached hydrogens (tertiary/aromatic N) is 1. The van der Waals surface area contributed by atoms with Gasteiger partial charge < -0.3 is 10.0 Å². The van der Waals surface area contributed by atoms with Crippen LogP contribution in [0.1, 0.15) is 19.4 Å². The quantitative estimate of drug-likeness (QED) is 0.801. The van der Waals surface area contributed by atoms with Crippen LogP contribution in [0.25, 0.3) is 0 Å². The molecule has 0 fully saturated rings. The fourth-order valence-corrected chi connectivity index (χ4v) is 1.79. The third-order valence-electron chi connectivity index (χ3n) is 2.41. The van der Waals surface area contributed by atoms with Gasteiger partial charge in [0.25, 0.3) is 0 Å². The zero-order chi connectivity index (χ0) is 11.3. The Morgan fingerprint density at radius 3 is 2.47 bits per heavy atom. The van der Waals surface area contributed by atoms with Crippen molar-refractivity contribution in [1.82, 2.24) is 0 Å². The Labute approximate surface area is 92.5 Å². The van der Waals surface area contributed by atoms with Gasteiger partial charge in [0, 0.05) is 18.8 Å². The van der Waals surface area contributed by atoms with Gasteiger partial charge in [0.05, 0.1) is 6.61 Å². The Hall–Kier alpha value is -1.02. The lowest BCUT2D eigenvalue weighted by molar-refractivity contribution is 0.300. The monoisotopic (exact) mass is 207 g/mol. The highest BCUT2D eigenvalue weighted by Gasteiger charge is 2.09. The predicted molar refractivity (Wildman–Crippen MR) is 65.3 cm³/mol.